The summed E-state index contributed by atoms with van der Waals surface area (Å²) in [5.41, 5.74) is 1.55. The molecule has 0 radical (unpaired) electrons. The minimum atomic E-state index is -0.436. The average molecular weight is 397 g/mol. The number of esters is 1. The van der Waals surface area contributed by atoms with Gasteiger partial charge in [-0.1, -0.05) is 0 Å². The van der Waals surface area contributed by atoms with Crippen LogP contribution in [0.15, 0.2) is 29.1 Å². The van der Waals surface area contributed by atoms with Crippen LogP contribution in [0.5, 0.6) is 0 Å². The number of hydrogen-bond acceptors (Lipinski definition) is 6. The Kier molecular flexibility index (Phi) is 4.72. The number of hydrogen-bond donors (Lipinski definition) is 1. The molecule has 1 aliphatic rings. The zero-order chi connectivity index (χ0) is 19.8. The summed E-state index contributed by atoms with van der Waals surface area (Å²) in [6.45, 7) is 2.47. The van der Waals surface area contributed by atoms with Crippen molar-refractivity contribution in [1.82, 2.24) is 9.55 Å². The number of anilines is 1. The summed E-state index contributed by atoms with van der Waals surface area (Å²) in [6.07, 6.45) is 2.78. The second-order valence-electron chi connectivity index (χ2n) is 6.70. The highest BCUT2D eigenvalue weighted by molar-refractivity contribution is 7.20. The summed E-state index contributed by atoms with van der Waals surface area (Å²) in [7, 11) is 1.32. The van der Waals surface area contributed by atoms with Crippen molar-refractivity contribution < 1.29 is 14.3 Å². The highest BCUT2D eigenvalue weighted by atomic mass is 32.1. The SMILES string of the molecule is COC(=O)c1ccc(NC(=O)c2sc3nc4n(c(=O)c3c2C)CCCC4)cc1. The van der Waals surface area contributed by atoms with Crippen molar-refractivity contribution in [3.63, 3.8) is 0 Å². The van der Waals surface area contributed by atoms with Gasteiger partial charge in [-0.2, -0.15) is 0 Å². The quantitative estimate of drug-likeness (QED) is 0.686. The molecule has 0 atom stereocenters. The van der Waals surface area contributed by atoms with Crippen LogP contribution in [0.1, 0.15) is 44.3 Å². The fraction of sp³-hybridized carbons (Fsp3) is 0.300. The largest absolute Gasteiger partial charge is 0.465 e. The molecule has 1 aromatic carbocycles. The fourth-order valence-corrected chi connectivity index (χ4v) is 4.53. The number of fused-ring (bicyclic) bond motifs is 2. The number of carbonyl (C=O) groups excluding carboxylic acids is 2. The predicted octanol–water partition coefficient (Wildman–Crippen LogP) is 3.14. The first-order valence-electron chi connectivity index (χ1n) is 9.02. The van der Waals surface area contributed by atoms with Gasteiger partial charge in [0.1, 0.15) is 10.7 Å². The molecule has 1 amide bonds. The summed E-state index contributed by atoms with van der Waals surface area (Å²) >= 11 is 1.24. The van der Waals surface area contributed by atoms with Crippen molar-refractivity contribution in [2.24, 2.45) is 0 Å². The maximum Gasteiger partial charge on any atom is 0.337 e. The van der Waals surface area contributed by atoms with Crippen molar-refractivity contribution in [3.8, 4) is 0 Å². The molecule has 3 heterocycles. The third-order valence-electron chi connectivity index (χ3n) is 4.93. The Morgan fingerprint density at radius 1 is 1.21 bits per heavy atom. The van der Waals surface area contributed by atoms with E-state index in [0.29, 0.717) is 38.5 Å². The molecule has 7 nitrogen and oxygen atoms in total. The standard InChI is InChI=1S/C20H19N3O4S/c1-11-15-18(22-14-5-3-4-10-23(14)19(15)25)28-16(11)17(24)21-13-8-6-12(7-9-13)20(26)27-2/h6-9H,3-5,10H2,1-2H3,(H,21,24). The first-order chi connectivity index (χ1) is 13.5. The lowest BCUT2D eigenvalue weighted by Gasteiger charge is -2.16. The van der Waals surface area contributed by atoms with Crippen LogP contribution < -0.4 is 10.9 Å². The van der Waals surface area contributed by atoms with E-state index in [1.807, 2.05) is 0 Å². The zero-order valence-corrected chi connectivity index (χ0v) is 16.4. The van der Waals surface area contributed by atoms with Gasteiger partial charge in [-0.25, -0.2) is 9.78 Å². The number of thiophene rings is 1. The van der Waals surface area contributed by atoms with Gasteiger partial charge in [0.15, 0.2) is 0 Å². The first-order valence-corrected chi connectivity index (χ1v) is 9.84. The molecule has 1 N–H and O–H groups in total. The predicted molar refractivity (Wildman–Crippen MR) is 107 cm³/mol. The van der Waals surface area contributed by atoms with E-state index < -0.39 is 5.97 Å². The molecule has 0 aliphatic carbocycles. The maximum absolute atomic E-state index is 12.9. The van der Waals surface area contributed by atoms with Crippen LogP contribution in [0.25, 0.3) is 10.2 Å². The Bertz CT molecular complexity index is 1140. The molecule has 3 aromatic rings. The molecule has 1 aliphatic heterocycles. The molecule has 0 saturated heterocycles. The molecule has 0 spiro atoms. The molecule has 2 aromatic heterocycles. The van der Waals surface area contributed by atoms with Crippen LogP contribution in [0.2, 0.25) is 0 Å². The molecule has 8 heteroatoms. The monoisotopic (exact) mass is 397 g/mol. The van der Waals surface area contributed by atoms with Gasteiger partial charge in [-0.05, 0) is 49.6 Å². The molecule has 0 saturated carbocycles. The number of nitrogens with zero attached hydrogens (tertiary/aromatic N) is 2. The molecule has 0 unspecified atom stereocenters. The third kappa shape index (κ3) is 3.09. The van der Waals surface area contributed by atoms with Gasteiger partial charge in [0.05, 0.1) is 22.9 Å². The van der Waals surface area contributed by atoms with E-state index in [2.05, 4.69) is 15.0 Å². The Hall–Kier alpha value is -3.00. The molecule has 4 rings (SSSR count). The van der Waals surface area contributed by atoms with E-state index in [1.54, 1.807) is 35.8 Å². The van der Waals surface area contributed by atoms with Gasteiger partial charge in [0.25, 0.3) is 11.5 Å². The number of methoxy groups -OCH3 is 1. The number of benzene rings is 1. The summed E-state index contributed by atoms with van der Waals surface area (Å²) in [5.74, 6) is 0.0674. The van der Waals surface area contributed by atoms with Crippen LogP contribution in [0.4, 0.5) is 5.69 Å². The number of aryl methyl sites for hydroxylation is 2. The first kappa shape index (κ1) is 18.4. The van der Waals surface area contributed by atoms with Gasteiger partial charge < -0.3 is 10.1 Å². The number of rotatable bonds is 3. The number of ether oxygens (including phenoxy) is 1. The van der Waals surface area contributed by atoms with Gasteiger partial charge in [0.2, 0.25) is 0 Å². The third-order valence-corrected chi connectivity index (χ3v) is 6.12. The van der Waals surface area contributed by atoms with Crippen molar-refractivity contribution in [1.29, 1.82) is 0 Å². The van der Waals surface area contributed by atoms with Crippen LogP contribution in [0, 0.1) is 6.92 Å². The molecule has 0 fully saturated rings. The van der Waals surface area contributed by atoms with Crippen LogP contribution in [-0.2, 0) is 17.7 Å². The highest BCUT2D eigenvalue weighted by Crippen LogP contribution is 2.29. The Balaban J connectivity index is 1.66. The van der Waals surface area contributed by atoms with Crippen LogP contribution in [-0.4, -0.2) is 28.5 Å². The van der Waals surface area contributed by atoms with E-state index in [-0.39, 0.29) is 11.5 Å². The Morgan fingerprint density at radius 2 is 1.96 bits per heavy atom. The smallest absolute Gasteiger partial charge is 0.337 e. The number of carbonyl (C=O) groups is 2. The summed E-state index contributed by atoms with van der Waals surface area (Å²) < 4.78 is 6.40. The highest BCUT2D eigenvalue weighted by Gasteiger charge is 2.22. The van der Waals surface area contributed by atoms with Crippen molar-refractivity contribution in [2.75, 3.05) is 12.4 Å². The number of aromatic nitrogens is 2. The fourth-order valence-electron chi connectivity index (χ4n) is 3.45. The zero-order valence-electron chi connectivity index (χ0n) is 15.6. The van der Waals surface area contributed by atoms with E-state index >= 15 is 0 Å². The Labute approximate surface area is 165 Å². The summed E-state index contributed by atoms with van der Waals surface area (Å²) in [5, 5.41) is 3.35. The maximum atomic E-state index is 12.9. The van der Waals surface area contributed by atoms with Gasteiger partial charge in [0, 0.05) is 18.7 Å². The molecular weight excluding hydrogens is 378 g/mol. The van der Waals surface area contributed by atoms with E-state index in [0.717, 1.165) is 25.1 Å². The minimum Gasteiger partial charge on any atom is -0.465 e. The molecule has 144 valence electrons. The second-order valence-corrected chi connectivity index (χ2v) is 7.70. The number of amides is 1. The van der Waals surface area contributed by atoms with Gasteiger partial charge in [-0.15, -0.1) is 11.3 Å². The molecule has 28 heavy (non-hydrogen) atoms. The lowest BCUT2D eigenvalue weighted by atomic mass is 10.1. The lowest BCUT2D eigenvalue weighted by Crippen LogP contribution is -2.28. The van der Waals surface area contributed by atoms with Crippen molar-refractivity contribution in [3.05, 3.63) is 56.4 Å². The summed E-state index contributed by atoms with van der Waals surface area (Å²) in [4.78, 5) is 42.9. The van der Waals surface area contributed by atoms with Crippen LogP contribution >= 0.6 is 11.3 Å². The van der Waals surface area contributed by atoms with E-state index in [9.17, 15) is 14.4 Å². The topological polar surface area (TPSA) is 90.3 Å². The number of nitrogens with one attached hydrogen (secondary N) is 1. The lowest BCUT2D eigenvalue weighted by molar-refractivity contribution is 0.0600. The van der Waals surface area contributed by atoms with Gasteiger partial charge >= 0.3 is 5.97 Å². The molecular formula is C20H19N3O4S. The van der Waals surface area contributed by atoms with E-state index in [1.165, 1.54) is 18.4 Å². The average Bonchev–Trinajstić information content (AvgIpc) is 3.05. The van der Waals surface area contributed by atoms with Crippen molar-refractivity contribution in [2.45, 2.75) is 32.7 Å². The summed E-state index contributed by atoms with van der Waals surface area (Å²) in [6, 6.07) is 6.44. The van der Waals surface area contributed by atoms with Crippen molar-refractivity contribution >= 4 is 39.1 Å². The second kappa shape index (κ2) is 7.20. The molecule has 0 bridgehead atoms. The van der Waals surface area contributed by atoms with Crippen LogP contribution in [0.3, 0.4) is 0 Å². The van der Waals surface area contributed by atoms with E-state index in [4.69, 9.17) is 0 Å². The van der Waals surface area contributed by atoms with Gasteiger partial charge in [-0.3, -0.25) is 14.2 Å². The minimum absolute atomic E-state index is 0.0602. The Morgan fingerprint density at radius 3 is 2.68 bits per heavy atom. The normalized spacial score (nSPS) is 13.2.